The summed E-state index contributed by atoms with van der Waals surface area (Å²) < 4.78 is 0. The van der Waals surface area contributed by atoms with Crippen molar-refractivity contribution >= 4 is 16.5 Å². The van der Waals surface area contributed by atoms with Gasteiger partial charge in [0.1, 0.15) is 0 Å². The van der Waals surface area contributed by atoms with E-state index in [0.29, 0.717) is 0 Å². The molecule has 1 rings (SSSR count). The molecule has 0 amide bonds. The van der Waals surface area contributed by atoms with Crippen molar-refractivity contribution in [3.05, 3.63) is 11.1 Å². The fourth-order valence-corrected chi connectivity index (χ4v) is 2.28. The van der Waals surface area contributed by atoms with Gasteiger partial charge in [-0.15, -0.1) is 11.3 Å². The number of nitriles is 1. The van der Waals surface area contributed by atoms with Crippen LogP contribution in [0.2, 0.25) is 0 Å². The van der Waals surface area contributed by atoms with Crippen LogP contribution in [0.25, 0.3) is 0 Å². The van der Waals surface area contributed by atoms with Gasteiger partial charge in [0, 0.05) is 25.5 Å². The van der Waals surface area contributed by atoms with Crippen molar-refractivity contribution in [1.82, 2.24) is 10.3 Å². The van der Waals surface area contributed by atoms with E-state index in [4.69, 9.17) is 5.26 Å². The molecule has 1 N–H and O–H groups in total. The third-order valence-electron chi connectivity index (χ3n) is 2.37. The minimum atomic E-state index is 0.0329. The number of anilines is 1. The van der Waals surface area contributed by atoms with Crippen LogP contribution in [0, 0.1) is 17.2 Å². The standard InChI is InChI=1S/C12H20N4S/c1-4-5-14-7-11-9-17-12(15-11)16(3)8-10(2)6-13/h9-10,14H,4-5,7-8H2,1-3H3. The van der Waals surface area contributed by atoms with E-state index in [9.17, 15) is 0 Å². The molecule has 17 heavy (non-hydrogen) atoms. The van der Waals surface area contributed by atoms with Crippen molar-refractivity contribution in [2.75, 3.05) is 25.0 Å². The predicted molar refractivity (Wildman–Crippen MR) is 72.2 cm³/mol. The lowest BCUT2D eigenvalue weighted by Crippen LogP contribution is -2.23. The summed E-state index contributed by atoms with van der Waals surface area (Å²) in [5.41, 5.74) is 1.08. The second kappa shape index (κ2) is 7.25. The fourth-order valence-electron chi connectivity index (χ4n) is 1.48. The lowest BCUT2D eigenvalue weighted by molar-refractivity contribution is 0.664. The minimum Gasteiger partial charge on any atom is -0.350 e. The highest BCUT2D eigenvalue weighted by atomic mass is 32.1. The van der Waals surface area contributed by atoms with Gasteiger partial charge in [-0.3, -0.25) is 0 Å². The Morgan fingerprint density at radius 1 is 1.65 bits per heavy atom. The third-order valence-corrected chi connectivity index (χ3v) is 3.37. The van der Waals surface area contributed by atoms with E-state index in [1.54, 1.807) is 11.3 Å². The maximum Gasteiger partial charge on any atom is 0.185 e. The Morgan fingerprint density at radius 2 is 2.41 bits per heavy atom. The van der Waals surface area contributed by atoms with Crippen LogP contribution in [0.5, 0.6) is 0 Å². The fraction of sp³-hybridized carbons (Fsp3) is 0.667. The summed E-state index contributed by atoms with van der Waals surface area (Å²) in [4.78, 5) is 6.59. The Bertz CT molecular complexity index is 369. The van der Waals surface area contributed by atoms with Gasteiger partial charge in [0.2, 0.25) is 0 Å². The summed E-state index contributed by atoms with van der Waals surface area (Å²) in [5, 5.41) is 15.2. The van der Waals surface area contributed by atoms with Gasteiger partial charge in [-0.1, -0.05) is 6.92 Å². The van der Waals surface area contributed by atoms with Crippen molar-refractivity contribution in [3.63, 3.8) is 0 Å². The number of hydrogen-bond donors (Lipinski definition) is 1. The largest absolute Gasteiger partial charge is 0.350 e. The summed E-state index contributed by atoms with van der Waals surface area (Å²) in [5.74, 6) is 0.0329. The van der Waals surface area contributed by atoms with E-state index >= 15 is 0 Å². The Kier molecular flexibility index (Phi) is 5.95. The predicted octanol–water partition coefficient (Wildman–Crippen LogP) is 2.24. The first-order valence-corrected chi connectivity index (χ1v) is 6.81. The molecule has 0 saturated heterocycles. The van der Waals surface area contributed by atoms with Crippen LogP contribution < -0.4 is 10.2 Å². The molecule has 1 unspecified atom stereocenters. The van der Waals surface area contributed by atoms with Crippen LogP contribution in [0.15, 0.2) is 5.38 Å². The first-order valence-electron chi connectivity index (χ1n) is 5.93. The number of hydrogen-bond acceptors (Lipinski definition) is 5. The Morgan fingerprint density at radius 3 is 3.06 bits per heavy atom. The van der Waals surface area contributed by atoms with Crippen molar-refractivity contribution < 1.29 is 0 Å². The molecule has 0 bridgehead atoms. The molecule has 0 fully saturated rings. The van der Waals surface area contributed by atoms with Gasteiger partial charge < -0.3 is 10.2 Å². The van der Waals surface area contributed by atoms with E-state index in [2.05, 4.69) is 28.7 Å². The number of nitrogens with one attached hydrogen (secondary N) is 1. The number of rotatable bonds is 7. The Hall–Kier alpha value is -1.12. The molecule has 94 valence electrons. The maximum absolute atomic E-state index is 8.78. The van der Waals surface area contributed by atoms with E-state index in [-0.39, 0.29) is 5.92 Å². The molecule has 0 aliphatic carbocycles. The average molecular weight is 252 g/mol. The van der Waals surface area contributed by atoms with Crippen LogP contribution in [0.3, 0.4) is 0 Å². The third kappa shape index (κ3) is 4.72. The highest BCUT2D eigenvalue weighted by molar-refractivity contribution is 7.13. The highest BCUT2D eigenvalue weighted by Gasteiger charge is 2.09. The molecule has 1 aromatic heterocycles. The van der Waals surface area contributed by atoms with Gasteiger partial charge in [0.05, 0.1) is 17.7 Å². The summed E-state index contributed by atoms with van der Waals surface area (Å²) in [6, 6.07) is 2.24. The molecule has 0 spiro atoms. The number of aromatic nitrogens is 1. The SMILES string of the molecule is CCCNCc1csc(N(C)CC(C)C#N)n1. The second-order valence-corrected chi connectivity index (χ2v) is 5.05. The first-order chi connectivity index (χ1) is 8.17. The average Bonchev–Trinajstić information content (AvgIpc) is 2.78. The van der Waals surface area contributed by atoms with Gasteiger partial charge in [-0.25, -0.2) is 4.98 Å². The highest BCUT2D eigenvalue weighted by Crippen LogP contribution is 2.19. The zero-order chi connectivity index (χ0) is 12.7. The topological polar surface area (TPSA) is 52.0 Å². The lowest BCUT2D eigenvalue weighted by Gasteiger charge is -2.16. The maximum atomic E-state index is 8.78. The van der Waals surface area contributed by atoms with Crippen LogP contribution in [0.1, 0.15) is 26.0 Å². The molecule has 1 heterocycles. The molecule has 5 heteroatoms. The van der Waals surface area contributed by atoms with Crippen LogP contribution in [0.4, 0.5) is 5.13 Å². The first kappa shape index (κ1) is 13.9. The molecule has 4 nitrogen and oxygen atoms in total. The van der Waals surface area contributed by atoms with E-state index in [1.165, 1.54) is 0 Å². The Balaban J connectivity index is 2.47. The Labute approximate surface area is 107 Å². The zero-order valence-corrected chi connectivity index (χ0v) is 11.5. The molecule has 0 saturated carbocycles. The second-order valence-electron chi connectivity index (χ2n) is 4.21. The molecule has 0 aliphatic rings. The summed E-state index contributed by atoms with van der Waals surface area (Å²) in [6.07, 6.45) is 1.14. The van der Waals surface area contributed by atoms with Crippen molar-refractivity contribution in [2.24, 2.45) is 5.92 Å². The number of nitrogens with zero attached hydrogens (tertiary/aromatic N) is 3. The van der Waals surface area contributed by atoms with Gasteiger partial charge >= 0.3 is 0 Å². The van der Waals surface area contributed by atoms with Gasteiger partial charge in [0.15, 0.2) is 5.13 Å². The quantitative estimate of drug-likeness (QED) is 0.756. The van der Waals surface area contributed by atoms with Crippen molar-refractivity contribution in [3.8, 4) is 6.07 Å². The normalized spacial score (nSPS) is 12.1. The summed E-state index contributed by atoms with van der Waals surface area (Å²) >= 11 is 1.63. The van der Waals surface area contributed by atoms with Crippen LogP contribution >= 0.6 is 11.3 Å². The molecule has 0 radical (unpaired) electrons. The minimum absolute atomic E-state index is 0.0329. The van der Waals surface area contributed by atoms with Crippen LogP contribution in [-0.2, 0) is 6.54 Å². The zero-order valence-electron chi connectivity index (χ0n) is 10.7. The van der Waals surface area contributed by atoms with Gasteiger partial charge in [0.25, 0.3) is 0 Å². The molecule has 0 aliphatic heterocycles. The molecular weight excluding hydrogens is 232 g/mol. The molecular formula is C12H20N4S. The van der Waals surface area contributed by atoms with E-state index in [0.717, 1.165) is 36.9 Å². The molecule has 1 atom stereocenters. The van der Waals surface area contributed by atoms with E-state index < -0.39 is 0 Å². The van der Waals surface area contributed by atoms with Gasteiger partial charge in [-0.2, -0.15) is 5.26 Å². The summed E-state index contributed by atoms with van der Waals surface area (Å²) in [6.45, 7) is 6.65. The molecule has 1 aromatic rings. The summed E-state index contributed by atoms with van der Waals surface area (Å²) in [7, 11) is 1.98. The number of thiazole rings is 1. The smallest absolute Gasteiger partial charge is 0.185 e. The van der Waals surface area contributed by atoms with Crippen molar-refractivity contribution in [2.45, 2.75) is 26.8 Å². The van der Waals surface area contributed by atoms with E-state index in [1.807, 2.05) is 18.9 Å². The van der Waals surface area contributed by atoms with Crippen LogP contribution in [-0.4, -0.2) is 25.1 Å². The lowest BCUT2D eigenvalue weighted by atomic mass is 10.2. The van der Waals surface area contributed by atoms with Crippen molar-refractivity contribution in [1.29, 1.82) is 5.26 Å². The van der Waals surface area contributed by atoms with Gasteiger partial charge in [-0.05, 0) is 19.9 Å². The molecule has 0 aromatic carbocycles. The monoisotopic (exact) mass is 252 g/mol.